The van der Waals surface area contributed by atoms with Gasteiger partial charge in [-0.25, -0.2) is 4.79 Å². The van der Waals surface area contributed by atoms with Gasteiger partial charge in [0.05, 0.1) is 6.61 Å². The summed E-state index contributed by atoms with van der Waals surface area (Å²) in [5, 5.41) is 2.84. The molecule has 0 bridgehead atoms. The van der Waals surface area contributed by atoms with Gasteiger partial charge >= 0.3 is 6.03 Å². The maximum Gasteiger partial charge on any atom is 0.325 e. The fraction of sp³-hybridized carbons (Fsp3) is 0.318. The summed E-state index contributed by atoms with van der Waals surface area (Å²) in [6.45, 7) is 2.01. The van der Waals surface area contributed by atoms with Crippen LogP contribution in [0, 0.1) is 0 Å². The smallest absolute Gasteiger partial charge is 0.325 e. The van der Waals surface area contributed by atoms with Crippen LogP contribution in [0.25, 0.3) is 0 Å². The molecule has 7 nitrogen and oxygen atoms in total. The lowest BCUT2D eigenvalue weighted by molar-refractivity contribution is -0.135. The number of hydrogen-bond acceptors (Lipinski definition) is 4. The molecular weight excluding hydrogens is 370 g/mol. The van der Waals surface area contributed by atoms with Gasteiger partial charge in [-0.05, 0) is 31.0 Å². The second-order valence-corrected chi connectivity index (χ2v) is 7.77. The minimum absolute atomic E-state index is 0.0153. The first kappa shape index (κ1) is 17.7. The van der Waals surface area contributed by atoms with E-state index in [4.69, 9.17) is 4.74 Å². The van der Waals surface area contributed by atoms with Crippen molar-refractivity contribution in [1.29, 1.82) is 0 Å². The molecule has 3 aliphatic heterocycles. The number of anilines is 1. The molecule has 2 aromatic carbocycles. The van der Waals surface area contributed by atoms with Gasteiger partial charge in [0.15, 0.2) is 5.54 Å². The zero-order valence-electron chi connectivity index (χ0n) is 16.1. The number of carbonyl (C=O) groups is 3. The number of para-hydroxylation sites is 2. The van der Waals surface area contributed by atoms with Crippen molar-refractivity contribution < 1.29 is 19.1 Å². The van der Waals surface area contributed by atoms with E-state index in [-0.39, 0.29) is 18.5 Å². The van der Waals surface area contributed by atoms with Gasteiger partial charge in [0.2, 0.25) is 5.91 Å². The number of ether oxygens (including phenoxy) is 1. The third kappa shape index (κ3) is 2.53. The Labute approximate surface area is 168 Å². The van der Waals surface area contributed by atoms with E-state index in [1.54, 1.807) is 17.0 Å². The molecule has 5 rings (SSSR count). The van der Waals surface area contributed by atoms with Crippen molar-refractivity contribution in [3.05, 3.63) is 59.7 Å². The molecular formula is C22H21N3O4. The van der Waals surface area contributed by atoms with E-state index in [1.807, 2.05) is 43.3 Å². The Bertz CT molecular complexity index is 1040. The molecule has 0 aliphatic carbocycles. The third-order valence-electron chi connectivity index (χ3n) is 6.03. The lowest BCUT2D eigenvalue weighted by Gasteiger charge is -2.33. The molecule has 7 heteroatoms. The number of rotatable bonds is 2. The predicted molar refractivity (Wildman–Crippen MR) is 106 cm³/mol. The number of fused-ring (bicyclic) bond motifs is 3. The Morgan fingerprint density at radius 2 is 1.93 bits per heavy atom. The standard InChI is InChI=1S/C22H21N3O4/c1-14-12-15-6-2-4-8-17(15)25(14)19(26)13-24-20(27)22(23-21(24)28)10-11-29-18-9-5-3-7-16(18)22/h2-9,14H,10-13H2,1H3,(H,23,28). The zero-order valence-corrected chi connectivity index (χ0v) is 16.1. The lowest BCUT2D eigenvalue weighted by atomic mass is 9.84. The van der Waals surface area contributed by atoms with Crippen molar-refractivity contribution in [2.45, 2.75) is 31.3 Å². The van der Waals surface area contributed by atoms with Crippen molar-refractivity contribution in [3.8, 4) is 5.75 Å². The summed E-state index contributed by atoms with van der Waals surface area (Å²) in [4.78, 5) is 41.9. The number of benzene rings is 2. The van der Waals surface area contributed by atoms with Gasteiger partial charge in [-0.15, -0.1) is 0 Å². The van der Waals surface area contributed by atoms with E-state index in [0.717, 1.165) is 22.6 Å². The normalized spacial score (nSPS) is 24.9. The molecule has 1 N–H and O–H groups in total. The van der Waals surface area contributed by atoms with E-state index >= 15 is 0 Å². The molecule has 1 fully saturated rings. The van der Waals surface area contributed by atoms with Crippen LogP contribution >= 0.6 is 0 Å². The number of imide groups is 1. The highest BCUT2D eigenvalue weighted by Gasteiger charge is 2.55. The maximum absolute atomic E-state index is 13.3. The molecule has 0 saturated carbocycles. The zero-order chi connectivity index (χ0) is 20.2. The van der Waals surface area contributed by atoms with Crippen molar-refractivity contribution in [2.24, 2.45) is 0 Å². The average molecular weight is 391 g/mol. The second kappa shape index (κ2) is 6.34. The quantitative estimate of drug-likeness (QED) is 0.796. The molecule has 0 radical (unpaired) electrons. The second-order valence-electron chi connectivity index (χ2n) is 7.77. The SMILES string of the molecule is CC1Cc2ccccc2N1C(=O)CN1C(=O)NC2(CCOc3ccccc32)C1=O. The van der Waals surface area contributed by atoms with E-state index in [2.05, 4.69) is 5.32 Å². The summed E-state index contributed by atoms with van der Waals surface area (Å²) >= 11 is 0. The first-order chi connectivity index (χ1) is 14.0. The summed E-state index contributed by atoms with van der Waals surface area (Å²) in [6, 6.07) is 14.4. The minimum Gasteiger partial charge on any atom is -0.493 e. The summed E-state index contributed by atoms with van der Waals surface area (Å²) in [6.07, 6.45) is 1.10. The van der Waals surface area contributed by atoms with Gasteiger partial charge in [-0.3, -0.25) is 14.5 Å². The van der Waals surface area contributed by atoms with Crippen LogP contribution < -0.4 is 15.0 Å². The van der Waals surface area contributed by atoms with E-state index in [0.29, 0.717) is 24.3 Å². The van der Waals surface area contributed by atoms with Crippen LogP contribution in [-0.2, 0) is 21.5 Å². The van der Waals surface area contributed by atoms with Gasteiger partial charge in [0.1, 0.15) is 12.3 Å². The fourth-order valence-electron chi connectivity index (χ4n) is 4.67. The summed E-state index contributed by atoms with van der Waals surface area (Å²) in [5.41, 5.74) is 1.42. The molecule has 2 unspecified atom stereocenters. The van der Waals surface area contributed by atoms with Crippen molar-refractivity contribution >= 4 is 23.5 Å². The summed E-state index contributed by atoms with van der Waals surface area (Å²) in [7, 11) is 0. The molecule has 2 atom stereocenters. The van der Waals surface area contributed by atoms with Crippen LogP contribution in [0.3, 0.4) is 0 Å². The highest BCUT2D eigenvalue weighted by molar-refractivity contribution is 6.11. The monoisotopic (exact) mass is 391 g/mol. The van der Waals surface area contributed by atoms with Crippen molar-refractivity contribution in [1.82, 2.24) is 10.2 Å². The first-order valence-electron chi connectivity index (χ1n) is 9.77. The first-order valence-corrected chi connectivity index (χ1v) is 9.77. The van der Waals surface area contributed by atoms with E-state index < -0.39 is 17.5 Å². The molecule has 3 aliphatic rings. The Morgan fingerprint density at radius 3 is 2.79 bits per heavy atom. The molecule has 1 spiro atoms. The van der Waals surface area contributed by atoms with Crippen LogP contribution in [0.4, 0.5) is 10.5 Å². The van der Waals surface area contributed by atoms with Crippen molar-refractivity contribution in [2.75, 3.05) is 18.1 Å². The van der Waals surface area contributed by atoms with Crippen LogP contribution in [0.5, 0.6) is 5.75 Å². The summed E-state index contributed by atoms with van der Waals surface area (Å²) in [5.74, 6) is -0.0715. The van der Waals surface area contributed by atoms with Gasteiger partial charge in [0, 0.05) is 23.7 Å². The van der Waals surface area contributed by atoms with Gasteiger partial charge in [0.25, 0.3) is 5.91 Å². The average Bonchev–Trinajstić information content (AvgIpc) is 3.17. The molecule has 0 aromatic heterocycles. The van der Waals surface area contributed by atoms with Crippen LogP contribution in [0.1, 0.15) is 24.5 Å². The maximum atomic E-state index is 13.3. The Kier molecular flexibility index (Phi) is 3.87. The topological polar surface area (TPSA) is 79.0 Å². The minimum atomic E-state index is -1.17. The van der Waals surface area contributed by atoms with Gasteiger partial charge in [-0.2, -0.15) is 0 Å². The number of carbonyl (C=O) groups excluding carboxylic acids is 3. The molecule has 29 heavy (non-hydrogen) atoms. The number of amides is 4. The molecule has 2 aromatic rings. The number of hydrogen-bond donors (Lipinski definition) is 1. The fourth-order valence-corrected chi connectivity index (χ4v) is 4.67. The summed E-state index contributed by atoms with van der Waals surface area (Å²) < 4.78 is 5.65. The molecule has 148 valence electrons. The molecule has 3 heterocycles. The number of urea groups is 1. The highest BCUT2D eigenvalue weighted by Crippen LogP contribution is 2.41. The Balaban J connectivity index is 1.43. The predicted octanol–water partition coefficient (Wildman–Crippen LogP) is 2.19. The van der Waals surface area contributed by atoms with Gasteiger partial charge < -0.3 is 15.0 Å². The van der Waals surface area contributed by atoms with Crippen LogP contribution in [0.2, 0.25) is 0 Å². The van der Waals surface area contributed by atoms with Crippen LogP contribution in [0.15, 0.2) is 48.5 Å². The largest absolute Gasteiger partial charge is 0.493 e. The third-order valence-corrected chi connectivity index (χ3v) is 6.03. The van der Waals surface area contributed by atoms with Crippen molar-refractivity contribution in [3.63, 3.8) is 0 Å². The highest BCUT2D eigenvalue weighted by atomic mass is 16.5. The Morgan fingerprint density at radius 1 is 1.17 bits per heavy atom. The number of nitrogens with zero attached hydrogens (tertiary/aromatic N) is 2. The lowest BCUT2D eigenvalue weighted by Crippen LogP contribution is -2.48. The van der Waals surface area contributed by atoms with E-state index in [1.165, 1.54) is 0 Å². The molecule has 4 amide bonds. The Hall–Kier alpha value is -3.35. The molecule has 1 saturated heterocycles. The number of nitrogens with one attached hydrogen (secondary N) is 1. The van der Waals surface area contributed by atoms with Gasteiger partial charge in [-0.1, -0.05) is 36.4 Å². The van der Waals surface area contributed by atoms with E-state index in [9.17, 15) is 14.4 Å². The van der Waals surface area contributed by atoms with Crippen LogP contribution in [-0.4, -0.2) is 41.9 Å².